The number of rotatable bonds is 7. The van der Waals surface area contributed by atoms with Crippen molar-refractivity contribution in [1.29, 1.82) is 0 Å². The van der Waals surface area contributed by atoms with E-state index in [1.807, 2.05) is 37.3 Å². The number of carbonyl (C=O) groups excluding carboxylic acids is 1. The molecule has 2 rings (SSSR count). The Morgan fingerprint density at radius 2 is 1.80 bits per heavy atom. The number of aliphatic hydroxyl groups excluding tert-OH is 1. The molecule has 0 aliphatic carbocycles. The van der Waals surface area contributed by atoms with E-state index in [9.17, 15) is 18.3 Å². The van der Waals surface area contributed by atoms with Gasteiger partial charge in [-0.05, 0) is 32.3 Å². The molecule has 7 heteroatoms. The third-order valence-electron chi connectivity index (χ3n) is 5.11. The molecule has 1 aliphatic rings. The molecule has 1 heterocycles. The molecule has 0 unspecified atom stereocenters. The van der Waals surface area contributed by atoms with E-state index >= 15 is 0 Å². The normalized spacial score (nSPS) is 18.0. The Morgan fingerprint density at radius 1 is 1.20 bits per heavy atom. The molecule has 1 N–H and O–H groups in total. The van der Waals surface area contributed by atoms with Crippen molar-refractivity contribution in [2.24, 2.45) is 0 Å². The first-order valence-electron chi connectivity index (χ1n) is 8.85. The smallest absolute Gasteiger partial charge is 0.233 e. The summed E-state index contributed by atoms with van der Waals surface area (Å²) in [4.78, 5) is 15.0. The minimum absolute atomic E-state index is 0.0243. The van der Waals surface area contributed by atoms with Gasteiger partial charge in [0.1, 0.15) is 0 Å². The predicted octanol–water partition coefficient (Wildman–Crippen LogP) is 1.21. The second kappa shape index (κ2) is 8.29. The summed E-state index contributed by atoms with van der Waals surface area (Å²) in [6.45, 7) is 4.94. The fourth-order valence-corrected chi connectivity index (χ4v) is 4.64. The average Bonchev–Trinajstić information content (AvgIpc) is 2.66. The van der Waals surface area contributed by atoms with Crippen LogP contribution in [-0.2, 0) is 20.2 Å². The lowest BCUT2D eigenvalue weighted by molar-refractivity contribution is -0.139. The lowest BCUT2D eigenvalue weighted by Crippen LogP contribution is -2.54. The van der Waals surface area contributed by atoms with Gasteiger partial charge in [-0.1, -0.05) is 30.3 Å². The number of amides is 1. The summed E-state index contributed by atoms with van der Waals surface area (Å²) >= 11 is 0. The molecule has 0 radical (unpaired) electrons. The lowest BCUT2D eigenvalue weighted by atomic mass is 9.72. The molecule has 1 aromatic rings. The monoisotopic (exact) mass is 368 g/mol. The summed E-state index contributed by atoms with van der Waals surface area (Å²) in [5, 5.41) is 9.27. The molecule has 0 bridgehead atoms. The van der Waals surface area contributed by atoms with E-state index in [1.165, 1.54) is 4.31 Å². The summed E-state index contributed by atoms with van der Waals surface area (Å²) in [5.41, 5.74) is 0.191. The van der Waals surface area contributed by atoms with Crippen molar-refractivity contribution in [2.45, 2.75) is 32.1 Å². The molecule has 1 saturated heterocycles. The maximum Gasteiger partial charge on any atom is 0.233 e. The van der Waals surface area contributed by atoms with Crippen LogP contribution in [0.1, 0.15) is 32.3 Å². The van der Waals surface area contributed by atoms with Gasteiger partial charge in [0.25, 0.3) is 0 Å². The molecule has 1 fully saturated rings. The van der Waals surface area contributed by atoms with Gasteiger partial charge in [0.05, 0.1) is 17.8 Å². The maximum absolute atomic E-state index is 13.3. The third-order valence-corrected chi connectivity index (χ3v) is 6.99. The highest BCUT2D eigenvalue weighted by atomic mass is 32.2. The van der Waals surface area contributed by atoms with Crippen LogP contribution in [0.4, 0.5) is 0 Å². The number of carbonyl (C=O) groups is 1. The maximum atomic E-state index is 13.3. The molecular weight excluding hydrogens is 340 g/mol. The van der Waals surface area contributed by atoms with E-state index < -0.39 is 15.4 Å². The van der Waals surface area contributed by atoms with E-state index in [4.69, 9.17) is 0 Å². The van der Waals surface area contributed by atoms with Crippen molar-refractivity contribution >= 4 is 15.9 Å². The van der Waals surface area contributed by atoms with Gasteiger partial charge in [0.2, 0.25) is 15.9 Å². The number of nitrogens with zero attached hydrogens (tertiary/aromatic N) is 2. The van der Waals surface area contributed by atoms with Crippen LogP contribution >= 0.6 is 0 Å². The molecule has 0 aromatic heterocycles. The van der Waals surface area contributed by atoms with Crippen LogP contribution in [0, 0.1) is 0 Å². The molecule has 0 spiro atoms. The lowest BCUT2D eigenvalue weighted by Gasteiger charge is -2.43. The number of piperidine rings is 1. The first-order chi connectivity index (χ1) is 11.9. The fraction of sp³-hybridized carbons (Fsp3) is 0.611. The van der Waals surface area contributed by atoms with E-state index in [2.05, 4.69) is 0 Å². The minimum atomic E-state index is -3.25. The summed E-state index contributed by atoms with van der Waals surface area (Å²) in [6.07, 6.45) is 0.911. The van der Waals surface area contributed by atoms with Gasteiger partial charge < -0.3 is 10.0 Å². The number of sulfonamides is 1. The van der Waals surface area contributed by atoms with Gasteiger partial charge in [-0.2, -0.15) is 0 Å². The van der Waals surface area contributed by atoms with Crippen molar-refractivity contribution < 1.29 is 18.3 Å². The molecular formula is C18H28N2O4S. The van der Waals surface area contributed by atoms with E-state index in [1.54, 1.807) is 11.8 Å². The van der Waals surface area contributed by atoms with E-state index in [-0.39, 0.29) is 18.3 Å². The quantitative estimate of drug-likeness (QED) is 0.785. The first kappa shape index (κ1) is 19.9. The molecule has 0 saturated carbocycles. The van der Waals surface area contributed by atoms with Crippen molar-refractivity contribution in [3.05, 3.63) is 35.9 Å². The first-order valence-corrected chi connectivity index (χ1v) is 10.5. The van der Waals surface area contributed by atoms with Crippen molar-refractivity contribution in [1.82, 2.24) is 9.21 Å². The topological polar surface area (TPSA) is 77.9 Å². The summed E-state index contributed by atoms with van der Waals surface area (Å²) < 4.78 is 25.8. The predicted molar refractivity (Wildman–Crippen MR) is 97.7 cm³/mol. The Labute approximate surface area is 150 Å². The van der Waals surface area contributed by atoms with Gasteiger partial charge in [-0.3, -0.25) is 4.79 Å². The van der Waals surface area contributed by atoms with Crippen LogP contribution in [0.3, 0.4) is 0 Å². The number of aliphatic hydroxyl groups is 1. The van der Waals surface area contributed by atoms with Crippen LogP contribution in [-0.4, -0.2) is 67.2 Å². The van der Waals surface area contributed by atoms with E-state index in [0.717, 1.165) is 5.56 Å². The average molecular weight is 368 g/mol. The Morgan fingerprint density at radius 3 is 2.28 bits per heavy atom. The van der Waals surface area contributed by atoms with Crippen molar-refractivity contribution in [3.8, 4) is 0 Å². The third kappa shape index (κ3) is 4.04. The zero-order chi connectivity index (χ0) is 18.5. The molecule has 1 aromatic carbocycles. The fourth-order valence-electron chi connectivity index (χ4n) is 3.54. The largest absolute Gasteiger partial charge is 0.395 e. The van der Waals surface area contributed by atoms with Crippen molar-refractivity contribution in [2.75, 3.05) is 38.5 Å². The van der Waals surface area contributed by atoms with Crippen molar-refractivity contribution in [3.63, 3.8) is 0 Å². The molecule has 6 nitrogen and oxygen atoms in total. The summed E-state index contributed by atoms with van der Waals surface area (Å²) in [5.74, 6) is 0.0500. The van der Waals surface area contributed by atoms with Crippen LogP contribution in [0.2, 0.25) is 0 Å². The highest BCUT2D eigenvalue weighted by Crippen LogP contribution is 2.38. The van der Waals surface area contributed by atoms with Crippen LogP contribution in [0.15, 0.2) is 30.3 Å². The second-order valence-corrected chi connectivity index (χ2v) is 8.61. The highest BCUT2D eigenvalue weighted by molar-refractivity contribution is 7.89. The SMILES string of the molecule is CCN(CCO)C(=O)C1(c2ccccc2)CCN(S(=O)(=O)CC)CC1. The summed E-state index contributed by atoms with van der Waals surface area (Å²) in [6, 6.07) is 9.59. The number of hydrogen-bond acceptors (Lipinski definition) is 4. The van der Waals surface area contributed by atoms with Gasteiger partial charge in [0, 0.05) is 26.2 Å². The van der Waals surface area contributed by atoms with Gasteiger partial charge in [-0.25, -0.2) is 12.7 Å². The standard InChI is InChI=1S/C18H28N2O4S/c1-3-19(14-15-21)17(22)18(16-8-6-5-7-9-16)10-12-20(13-11-18)25(23,24)4-2/h5-9,21H,3-4,10-15H2,1-2H3. The number of likely N-dealkylation sites (N-methyl/N-ethyl adjacent to an activating group) is 1. The van der Waals surface area contributed by atoms with E-state index in [0.29, 0.717) is 39.0 Å². The Balaban J connectivity index is 2.35. The molecule has 1 aliphatic heterocycles. The van der Waals surface area contributed by atoms with Crippen LogP contribution in [0.5, 0.6) is 0 Å². The highest BCUT2D eigenvalue weighted by Gasteiger charge is 2.46. The summed E-state index contributed by atoms with van der Waals surface area (Å²) in [7, 11) is -3.25. The number of hydrogen-bond donors (Lipinski definition) is 1. The zero-order valence-corrected chi connectivity index (χ0v) is 15.8. The zero-order valence-electron chi connectivity index (χ0n) is 15.0. The Kier molecular flexibility index (Phi) is 6.59. The molecule has 25 heavy (non-hydrogen) atoms. The molecule has 0 atom stereocenters. The Bertz CT molecular complexity index is 668. The minimum Gasteiger partial charge on any atom is -0.395 e. The molecule has 140 valence electrons. The Hall–Kier alpha value is -1.44. The van der Waals surface area contributed by atoms with Gasteiger partial charge >= 0.3 is 0 Å². The van der Waals surface area contributed by atoms with Gasteiger partial charge in [-0.15, -0.1) is 0 Å². The van der Waals surface area contributed by atoms with Gasteiger partial charge in [0.15, 0.2) is 0 Å². The van der Waals surface area contributed by atoms with Crippen LogP contribution < -0.4 is 0 Å². The molecule has 1 amide bonds. The van der Waals surface area contributed by atoms with Crippen LogP contribution in [0.25, 0.3) is 0 Å². The second-order valence-electron chi connectivity index (χ2n) is 6.36. The number of benzene rings is 1.